The molecule has 2 nitrogen and oxygen atoms in total. The number of halogens is 4. The fraction of sp³-hybridized carbons (Fsp3) is 0.500. The van der Waals surface area contributed by atoms with Crippen LogP contribution < -0.4 is 9.47 Å². The van der Waals surface area contributed by atoms with Crippen LogP contribution in [0.4, 0.5) is 17.6 Å². The van der Waals surface area contributed by atoms with E-state index in [0.29, 0.717) is 0 Å². The largest absolute Gasteiger partial charge is 0.484 e. The molecule has 0 saturated carbocycles. The molecule has 0 fully saturated rings. The van der Waals surface area contributed by atoms with Crippen LogP contribution in [0.1, 0.15) is 27.7 Å². The molecule has 0 saturated heterocycles. The van der Waals surface area contributed by atoms with E-state index in [1.807, 2.05) is 0 Å². The van der Waals surface area contributed by atoms with Gasteiger partial charge in [0.25, 0.3) is 0 Å². The SMILES string of the molecule is CC(C)Oc1c(F)c(F)c(F)c(F)c1OC(C)C. The first-order chi connectivity index (χ1) is 8.25. The zero-order valence-electron chi connectivity index (χ0n) is 10.5. The summed E-state index contributed by atoms with van der Waals surface area (Å²) in [4.78, 5) is 0. The molecule has 0 aliphatic carbocycles. The summed E-state index contributed by atoms with van der Waals surface area (Å²) in [5, 5.41) is 0. The zero-order chi connectivity index (χ0) is 14.0. The summed E-state index contributed by atoms with van der Waals surface area (Å²) < 4.78 is 63.1. The lowest BCUT2D eigenvalue weighted by Crippen LogP contribution is -2.15. The third-order valence-corrected chi connectivity index (χ3v) is 1.89. The summed E-state index contributed by atoms with van der Waals surface area (Å²) in [6.45, 7) is 6.16. The van der Waals surface area contributed by atoms with Gasteiger partial charge in [-0.15, -0.1) is 0 Å². The molecule has 0 N–H and O–H groups in total. The van der Waals surface area contributed by atoms with E-state index in [9.17, 15) is 17.6 Å². The molecule has 0 radical (unpaired) electrons. The van der Waals surface area contributed by atoms with Crippen LogP contribution in [0, 0.1) is 23.3 Å². The van der Waals surface area contributed by atoms with Crippen molar-refractivity contribution < 1.29 is 27.0 Å². The molecule has 0 amide bonds. The predicted molar refractivity (Wildman–Crippen MR) is 57.8 cm³/mol. The van der Waals surface area contributed by atoms with E-state index >= 15 is 0 Å². The number of hydrogen-bond donors (Lipinski definition) is 0. The number of benzene rings is 1. The van der Waals surface area contributed by atoms with E-state index in [1.165, 1.54) is 27.7 Å². The van der Waals surface area contributed by atoms with Gasteiger partial charge in [-0.25, -0.2) is 8.78 Å². The Morgan fingerprint density at radius 1 is 0.611 bits per heavy atom. The van der Waals surface area contributed by atoms with Gasteiger partial charge in [-0.05, 0) is 27.7 Å². The predicted octanol–water partition coefficient (Wildman–Crippen LogP) is 3.82. The zero-order valence-corrected chi connectivity index (χ0v) is 10.5. The minimum Gasteiger partial charge on any atom is -0.484 e. The Balaban J connectivity index is 3.43. The maximum Gasteiger partial charge on any atom is 0.207 e. The Hall–Kier alpha value is -1.46. The summed E-state index contributed by atoms with van der Waals surface area (Å²) in [5.41, 5.74) is 0. The van der Waals surface area contributed by atoms with Crippen LogP contribution in [0.15, 0.2) is 0 Å². The van der Waals surface area contributed by atoms with Crippen molar-refractivity contribution in [3.05, 3.63) is 23.3 Å². The molecule has 1 aromatic carbocycles. The normalized spacial score (nSPS) is 11.2. The Labute approximate surface area is 103 Å². The summed E-state index contributed by atoms with van der Waals surface area (Å²) in [5.74, 6) is -8.54. The second-order valence-corrected chi connectivity index (χ2v) is 4.25. The van der Waals surface area contributed by atoms with Gasteiger partial charge in [-0.1, -0.05) is 0 Å². The highest BCUT2D eigenvalue weighted by Crippen LogP contribution is 2.38. The number of ether oxygens (including phenoxy) is 2. The summed E-state index contributed by atoms with van der Waals surface area (Å²) in [7, 11) is 0. The Bertz CT molecular complexity index is 403. The van der Waals surface area contributed by atoms with Gasteiger partial charge in [0.15, 0.2) is 0 Å². The van der Waals surface area contributed by atoms with Gasteiger partial charge < -0.3 is 9.47 Å². The quantitative estimate of drug-likeness (QED) is 0.468. The average Bonchev–Trinajstić information content (AvgIpc) is 2.27. The number of hydrogen-bond acceptors (Lipinski definition) is 2. The Kier molecular flexibility index (Phi) is 4.43. The lowest BCUT2D eigenvalue weighted by Gasteiger charge is -2.18. The third-order valence-electron chi connectivity index (χ3n) is 1.89. The fourth-order valence-electron chi connectivity index (χ4n) is 1.27. The molecular formula is C12H14F4O2. The molecule has 0 aliphatic heterocycles. The van der Waals surface area contributed by atoms with Gasteiger partial charge in [0.2, 0.25) is 34.8 Å². The monoisotopic (exact) mass is 266 g/mol. The van der Waals surface area contributed by atoms with E-state index < -0.39 is 47.0 Å². The summed E-state index contributed by atoms with van der Waals surface area (Å²) in [6.07, 6.45) is -1.09. The maximum absolute atomic E-state index is 13.5. The van der Waals surface area contributed by atoms with E-state index in [4.69, 9.17) is 9.47 Å². The first-order valence-corrected chi connectivity index (χ1v) is 5.44. The standard InChI is InChI=1S/C12H14F4O2/c1-5(2)17-11-9(15)7(13)8(14)10(16)12(11)18-6(3)4/h5-6H,1-4H3. The molecule has 0 unspecified atom stereocenters. The fourth-order valence-corrected chi connectivity index (χ4v) is 1.27. The lowest BCUT2D eigenvalue weighted by molar-refractivity contribution is 0.177. The van der Waals surface area contributed by atoms with Crippen LogP contribution in [-0.4, -0.2) is 12.2 Å². The first kappa shape index (κ1) is 14.6. The van der Waals surface area contributed by atoms with Crippen molar-refractivity contribution in [2.75, 3.05) is 0 Å². The van der Waals surface area contributed by atoms with E-state index in [1.54, 1.807) is 0 Å². The minimum absolute atomic E-state index is 0.543. The van der Waals surface area contributed by atoms with Gasteiger partial charge in [-0.3, -0.25) is 0 Å². The smallest absolute Gasteiger partial charge is 0.207 e. The van der Waals surface area contributed by atoms with Crippen molar-refractivity contribution in [2.45, 2.75) is 39.9 Å². The molecule has 0 spiro atoms. The number of rotatable bonds is 4. The van der Waals surface area contributed by atoms with Crippen LogP contribution in [0.5, 0.6) is 11.5 Å². The van der Waals surface area contributed by atoms with Gasteiger partial charge in [-0.2, -0.15) is 8.78 Å². The topological polar surface area (TPSA) is 18.5 Å². The van der Waals surface area contributed by atoms with Gasteiger partial charge in [0.05, 0.1) is 12.2 Å². The van der Waals surface area contributed by atoms with Gasteiger partial charge in [0, 0.05) is 0 Å². The molecular weight excluding hydrogens is 252 g/mol. The van der Waals surface area contributed by atoms with Crippen LogP contribution in [0.25, 0.3) is 0 Å². The maximum atomic E-state index is 13.5. The molecule has 0 bridgehead atoms. The third kappa shape index (κ3) is 2.86. The van der Waals surface area contributed by atoms with Crippen molar-refractivity contribution in [1.29, 1.82) is 0 Å². The highest BCUT2D eigenvalue weighted by Gasteiger charge is 2.29. The van der Waals surface area contributed by atoms with E-state index in [0.717, 1.165) is 0 Å². The lowest BCUT2D eigenvalue weighted by atomic mass is 10.2. The summed E-state index contributed by atoms with van der Waals surface area (Å²) >= 11 is 0. The highest BCUT2D eigenvalue weighted by atomic mass is 19.2. The van der Waals surface area contributed by atoms with E-state index in [-0.39, 0.29) is 0 Å². The highest BCUT2D eigenvalue weighted by molar-refractivity contribution is 5.44. The van der Waals surface area contributed by atoms with Crippen molar-refractivity contribution in [2.24, 2.45) is 0 Å². The van der Waals surface area contributed by atoms with Crippen molar-refractivity contribution >= 4 is 0 Å². The molecule has 18 heavy (non-hydrogen) atoms. The van der Waals surface area contributed by atoms with Crippen LogP contribution in [-0.2, 0) is 0 Å². The average molecular weight is 266 g/mol. The molecule has 1 rings (SSSR count). The first-order valence-electron chi connectivity index (χ1n) is 5.44. The van der Waals surface area contributed by atoms with Crippen molar-refractivity contribution in [3.63, 3.8) is 0 Å². The van der Waals surface area contributed by atoms with Gasteiger partial charge >= 0.3 is 0 Å². The van der Waals surface area contributed by atoms with Crippen molar-refractivity contribution in [1.82, 2.24) is 0 Å². The molecule has 0 aliphatic rings. The Morgan fingerprint density at radius 2 is 0.889 bits per heavy atom. The molecule has 0 atom stereocenters. The van der Waals surface area contributed by atoms with Crippen LogP contribution in [0.2, 0.25) is 0 Å². The van der Waals surface area contributed by atoms with Crippen LogP contribution >= 0.6 is 0 Å². The molecule has 6 heteroatoms. The second kappa shape index (κ2) is 5.46. The Morgan fingerprint density at radius 3 is 1.11 bits per heavy atom. The minimum atomic E-state index is -1.92. The molecule has 0 aromatic heterocycles. The molecule has 102 valence electrons. The molecule has 0 heterocycles. The van der Waals surface area contributed by atoms with E-state index in [2.05, 4.69) is 0 Å². The molecule has 1 aromatic rings. The second-order valence-electron chi connectivity index (χ2n) is 4.25. The summed E-state index contributed by atoms with van der Waals surface area (Å²) in [6, 6.07) is 0. The van der Waals surface area contributed by atoms with Crippen molar-refractivity contribution in [3.8, 4) is 11.5 Å². The van der Waals surface area contributed by atoms with Crippen LogP contribution in [0.3, 0.4) is 0 Å². The van der Waals surface area contributed by atoms with Gasteiger partial charge in [0.1, 0.15) is 0 Å².